The minimum Gasteiger partial charge on any atom is -0.481 e. The minimum atomic E-state index is -0.715. The van der Waals surface area contributed by atoms with Crippen LogP contribution in [0.25, 0.3) is 6.08 Å². The number of carboxylic acids is 1. The summed E-state index contributed by atoms with van der Waals surface area (Å²) in [7, 11) is 0. The second kappa shape index (κ2) is 11.1. The van der Waals surface area contributed by atoms with Crippen LogP contribution in [0.3, 0.4) is 0 Å². The second-order valence-corrected chi connectivity index (χ2v) is 5.62. The van der Waals surface area contributed by atoms with Crippen molar-refractivity contribution >= 4 is 12.0 Å². The molecular formula is C19H28O2. The van der Waals surface area contributed by atoms with Crippen LogP contribution in [0.1, 0.15) is 63.9 Å². The molecule has 0 aliphatic heterocycles. The molecule has 2 heteroatoms. The van der Waals surface area contributed by atoms with Gasteiger partial charge in [-0.25, -0.2) is 0 Å². The van der Waals surface area contributed by atoms with Gasteiger partial charge in [0.1, 0.15) is 0 Å². The Balaban J connectivity index is 2.27. The summed E-state index contributed by atoms with van der Waals surface area (Å²) in [5, 5.41) is 9.27. The predicted molar refractivity (Wildman–Crippen MR) is 89.2 cm³/mol. The lowest BCUT2D eigenvalue weighted by Gasteiger charge is -2.07. The third-order valence-corrected chi connectivity index (χ3v) is 3.76. The Morgan fingerprint density at radius 1 is 1.05 bits per heavy atom. The van der Waals surface area contributed by atoms with Crippen molar-refractivity contribution in [2.75, 3.05) is 0 Å². The van der Waals surface area contributed by atoms with Crippen molar-refractivity contribution < 1.29 is 9.90 Å². The fraction of sp³-hybridized carbons (Fsp3) is 0.526. The van der Waals surface area contributed by atoms with E-state index in [4.69, 9.17) is 0 Å². The van der Waals surface area contributed by atoms with Gasteiger partial charge in [-0.05, 0) is 12.0 Å². The van der Waals surface area contributed by atoms with Crippen molar-refractivity contribution in [3.8, 4) is 0 Å². The highest BCUT2D eigenvalue weighted by atomic mass is 16.4. The second-order valence-electron chi connectivity index (χ2n) is 5.62. The number of hydrogen-bond donors (Lipinski definition) is 1. The SMILES string of the molecule is CCCCCCCCCC(C=Cc1ccccc1)C(=O)O. The van der Waals surface area contributed by atoms with Gasteiger partial charge in [0.15, 0.2) is 0 Å². The largest absolute Gasteiger partial charge is 0.481 e. The van der Waals surface area contributed by atoms with Gasteiger partial charge < -0.3 is 5.11 Å². The summed E-state index contributed by atoms with van der Waals surface area (Å²) < 4.78 is 0. The lowest BCUT2D eigenvalue weighted by atomic mass is 9.99. The molecule has 0 saturated carbocycles. The van der Waals surface area contributed by atoms with Crippen LogP contribution >= 0.6 is 0 Å². The van der Waals surface area contributed by atoms with E-state index in [1.807, 2.05) is 42.5 Å². The zero-order valence-corrected chi connectivity index (χ0v) is 13.1. The first-order valence-electron chi connectivity index (χ1n) is 8.20. The molecular weight excluding hydrogens is 260 g/mol. The van der Waals surface area contributed by atoms with Gasteiger partial charge in [0, 0.05) is 0 Å². The number of aliphatic carboxylic acids is 1. The third-order valence-electron chi connectivity index (χ3n) is 3.76. The van der Waals surface area contributed by atoms with Gasteiger partial charge >= 0.3 is 5.97 Å². The minimum absolute atomic E-state index is 0.360. The smallest absolute Gasteiger partial charge is 0.310 e. The lowest BCUT2D eigenvalue weighted by molar-refractivity contribution is -0.140. The summed E-state index contributed by atoms with van der Waals surface area (Å²) in [5.74, 6) is -1.07. The average Bonchev–Trinajstić information content (AvgIpc) is 2.50. The Morgan fingerprint density at radius 3 is 2.29 bits per heavy atom. The Bertz CT molecular complexity index is 409. The number of carboxylic acid groups (broad SMARTS) is 1. The van der Waals surface area contributed by atoms with Crippen molar-refractivity contribution in [3.05, 3.63) is 42.0 Å². The molecule has 0 aliphatic rings. The van der Waals surface area contributed by atoms with Crippen molar-refractivity contribution in [2.45, 2.75) is 58.3 Å². The number of benzene rings is 1. The van der Waals surface area contributed by atoms with Gasteiger partial charge in [-0.2, -0.15) is 0 Å². The summed E-state index contributed by atoms with van der Waals surface area (Å²) in [6, 6.07) is 9.87. The molecule has 1 aromatic carbocycles. The Kier molecular flexibility index (Phi) is 9.26. The quantitative estimate of drug-likeness (QED) is 0.543. The monoisotopic (exact) mass is 288 g/mol. The molecule has 1 unspecified atom stereocenters. The molecule has 0 amide bonds. The maximum Gasteiger partial charge on any atom is 0.310 e. The third kappa shape index (κ3) is 8.34. The molecule has 0 aliphatic carbocycles. The zero-order chi connectivity index (χ0) is 15.3. The van der Waals surface area contributed by atoms with Crippen LogP contribution in [-0.2, 0) is 4.79 Å². The molecule has 0 aromatic heterocycles. The van der Waals surface area contributed by atoms with Crippen molar-refractivity contribution in [1.29, 1.82) is 0 Å². The lowest BCUT2D eigenvalue weighted by Crippen LogP contribution is -2.10. The maximum atomic E-state index is 11.3. The molecule has 1 rings (SSSR count). The van der Waals surface area contributed by atoms with E-state index in [9.17, 15) is 9.90 Å². The molecule has 21 heavy (non-hydrogen) atoms. The van der Waals surface area contributed by atoms with E-state index in [1.54, 1.807) is 0 Å². The normalized spacial score (nSPS) is 12.6. The zero-order valence-electron chi connectivity index (χ0n) is 13.1. The standard InChI is InChI=1S/C19H28O2/c1-2-3-4-5-6-7-11-14-18(19(20)21)16-15-17-12-9-8-10-13-17/h8-10,12-13,15-16,18H,2-7,11,14H2,1H3,(H,20,21). The molecule has 0 spiro atoms. The highest BCUT2D eigenvalue weighted by Gasteiger charge is 2.12. The summed E-state index contributed by atoms with van der Waals surface area (Å²) in [4.78, 5) is 11.3. The highest BCUT2D eigenvalue weighted by Crippen LogP contribution is 2.15. The van der Waals surface area contributed by atoms with Crippen LogP contribution in [0.2, 0.25) is 0 Å². The Hall–Kier alpha value is -1.57. The van der Waals surface area contributed by atoms with E-state index >= 15 is 0 Å². The number of rotatable bonds is 11. The molecule has 116 valence electrons. The van der Waals surface area contributed by atoms with Gasteiger partial charge in [0.25, 0.3) is 0 Å². The fourth-order valence-corrected chi connectivity index (χ4v) is 2.41. The Morgan fingerprint density at radius 2 is 1.67 bits per heavy atom. The van der Waals surface area contributed by atoms with E-state index in [-0.39, 0.29) is 5.92 Å². The van der Waals surface area contributed by atoms with Gasteiger partial charge in [-0.3, -0.25) is 4.79 Å². The average molecular weight is 288 g/mol. The van der Waals surface area contributed by atoms with E-state index in [0.29, 0.717) is 0 Å². The fourth-order valence-electron chi connectivity index (χ4n) is 2.41. The maximum absolute atomic E-state index is 11.3. The van der Waals surface area contributed by atoms with Gasteiger partial charge in [-0.1, -0.05) is 94.4 Å². The van der Waals surface area contributed by atoms with E-state index < -0.39 is 5.97 Å². The van der Waals surface area contributed by atoms with E-state index in [2.05, 4.69) is 6.92 Å². The molecule has 1 N–H and O–H groups in total. The summed E-state index contributed by atoms with van der Waals surface area (Å²) in [6.07, 6.45) is 13.0. The summed E-state index contributed by atoms with van der Waals surface area (Å²) >= 11 is 0. The van der Waals surface area contributed by atoms with Crippen molar-refractivity contribution in [2.24, 2.45) is 5.92 Å². The van der Waals surface area contributed by atoms with Crippen LogP contribution in [0.5, 0.6) is 0 Å². The van der Waals surface area contributed by atoms with Crippen LogP contribution < -0.4 is 0 Å². The van der Waals surface area contributed by atoms with E-state index in [1.165, 1.54) is 32.1 Å². The topological polar surface area (TPSA) is 37.3 Å². The number of carbonyl (C=O) groups is 1. The molecule has 0 radical (unpaired) electrons. The first-order chi connectivity index (χ1) is 10.2. The van der Waals surface area contributed by atoms with Crippen LogP contribution in [0, 0.1) is 5.92 Å². The molecule has 0 saturated heterocycles. The molecule has 0 fully saturated rings. The van der Waals surface area contributed by atoms with E-state index in [0.717, 1.165) is 24.8 Å². The number of hydrogen-bond acceptors (Lipinski definition) is 1. The first-order valence-corrected chi connectivity index (χ1v) is 8.20. The summed E-state index contributed by atoms with van der Waals surface area (Å²) in [6.45, 7) is 2.22. The van der Waals surface area contributed by atoms with Crippen molar-refractivity contribution in [3.63, 3.8) is 0 Å². The van der Waals surface area contributed by atoms with Gasteiger partial charge in [-0.15, -0.1) is 0 Å². The van der Waals surface area contributed by atoms with Crippen LogP contribution in [-0.4, -0.2) is 11.1 Å². The first kappa shape index (κ1) is 17.5. The Labute approximate surface area is 128 Å². The predicted octanol–water partition coefficient (Wildman–Crippen LogP) is 5.54. The van der Waals surface area contributed by atoms with Gasteiger partial charge in [0.05, 0.1) is 5.92 Å². The van der Waals surface area contributed by atoms with Crippen LogP contribution in [0.4, 0.5) is 0 Å². The highest BCUT2D eigenvalue weighted by molar-refractivity contribution is 5.73. The molecule has 0 heterocycles. The molecule has 1 atom stereocenters. The van der Waals surface area contributed by atoms with Crippen LogP contribution in [0.15, 0.2) is 36.4 Å². The molecule has 2 nitrogen and oxygen atoms in total. The molecule has 0 bridgehead atoms. The van der Waals surface area contributed by atoms with Crippen molar-refractivity contribution in [1.82, 2.24) is 0 Å². The van der Waals surface area contributed by atoms with Gasteiger partial charge in [0.2, 0.25) is 0 Å². The number of unbranched alkanes of at least 4 members (excludes halogenated alkanes) is 6. The molecule has 1 aromatic rings. The summed E-state index contributed by atoms with van der Waals surface area (Å²) in [5.41, 5.74) is 1.06.